The number of imidazole rings is 1. The smallest absolute Gasteiger partial charge is 0.216 e. The summed E-state index contributed by atoms with van der Waals surface area (Å²) in [6.45, 7) is 5.07. The molecule has 3 rings (SSSR count). The van der Waals surface area contributed by atoms with Gasteiger partial charge >= 0.3 is 0 Å². The second kappa shape index (κ2) is 5.98. The highest BCUT2D eigenvalue weighted by Crippen LogP contribution is 2.17. The highest BCUT2D eigenvalue weighted by atomic mass is 32.2. The molecule has 1 aliphatic rings. The zero-order chi connectivity index (χ0) is 15.7. The second-order valence-corrected chi connectivity index (χ2v) is 7.85. The number of aromatic nitrogens is 2. The van der Waals surface area contributed by atoms with E-state index >= 15 is 0 Å². The summed E-state index contributed by atoms with van der Waals surface area (Å²) in [4.78, 5) is 4.29. The number of nitrogens with zero attached hydrogens (tertiary/aromatic N) is 3. The van der Waals surface area contributed by atoms with Gasteiger partial charge < -0.3 is 9.30 Å². The number of fused-ring (bicyclic) bond motifs is 1. The highest BCUT2D eigenvalue weighted by molar-refractivity contribution is 7.89. The Kier molecular flexibility index (Phi) is 4.20. The average Bonchev–Trinajstić information content (AvgIpc) is 2.91. The minimum absolute atomic E-state index is 0.0555. The fourth-order valence-electron chi connectivity index (χ4n) is 2.78. The van der Waals surface area contributed by atoms with Gasteiger partial charge in [-0.15, -0.1) is 0 Å². The van der Waals surface area contributed by atoms with Crippen molar-refractivity contribution in [3.05, 3.63) is 30.6 Å². The lowest BCUT2D eigenvalue weighted by molar-refractivity contribution is -0.0170. The number of hydrogen-bond acceptors (Lipinski definition) is 4. The molecule has 0 N–H and O–H groups in total. The van der Waals surface area contributed by atoms with Gasteiger partial charge in [-0.1, -0.05) is 12.1 Å². The first-order valence-corrected chi connectivity index (χ1v) is 9.09. The lowest BCUT2D eigenvalue weighted by atomic mass is 10.2. The third kappa shape index (κ3) is 3.02. The lowest BCUT2D eigenvalue weighted by Crippen LogP contribution is -2.51. The zero-order valence-corrected chi connectivity index (χ0v) is 13.7. The Morgan fingerprint density at radius 1 is 1.32 bits per heavy atom. The van der Waals surface area contributed by atoms with E-state index in [1.54, 1.807) is 10.6 Å². The van der Waals surface area contributed by atoms with E-state index in [-0.39, 0.29) is 17.9 Å². The Morgan fingerprint density at radius 2 is 2.09 bits per heavy atom. The number of hydrogen-bond donors (Lipinski definition) is 0. The Labute approximate surface area is 130 Å². The molecular formula is C15H21N3O3S. The Bertz CT molecular complexity index is 756. The number of benzene rings is 1. The SMILES string of the molecule is C[C@H]1CN(S(=O)(=O)CCn2cnc3ccccc32)[C@@H](C)CO1. The quantitative estimate of drug-likeness (QED) is 0.855. The molecule has 2 heterocycles. The number of sulfonamides is 1. The molecule has 1 aromatic carbocycles. The predicted molar refractivity (Wildman–Crippen MR) is 85.1 cm³/mol. The molecule has 0 unspecified atom stereocenters. The second-order valence-electron chi connectivity index (χ2n) is 5.81. The van der Waals surface area contributed by atoms with E-state index < -0.39 is 10.0 Å². The van der Waals surface area contributed by atoms with Crippen molar-refractivity contribution in [1.29, 1.82) is 0 Å². The van der Waals surface area contributed by atoms with Gasteiger partial charge in [0.2, 0.25) is 10.0 Å². The van der Waals surface area contributed by atoms with E-state index in [1.807, 2.05) is 42.7 Å². The molecule has 0 aliphatic carbocycles. The van der Waals surface area contributed by atoms with Crippen LogP contribution in [0.4, 0.5) is 0 Å². The monoisotopic (exact) mass is 323 g/mol. The molecule has 0 saturated carbocycles. The Morgan fingerprint density at radius 3 is 2.91 bits per heavy atom. The Hall–Kier alpha value is -1.44. The van der Waals surface area contributed by atoms with Crippen LogP contribution in [0, 0.1) is 0 Å². The molecule has 1 aliphatic heterocycles. The van der Waals surface area contributed by atoms with Crippen LogP contribution in [0.25, 0.3) is 11.0 Å². The van der Waals surface area contributed by atoms with E-state index in [0.717, 1.165) is 11.0 Å². The fourth-order valence-corrected chi connectivity index (χ4v) is 4.49. The van der Waals surface area contributed by atoms with Crippen LogP contribution < -0.4 is 0 Å². The number of para-hydroxylation sites is 2. The molecule has 1 aromatic heterocycles. The van der Waals surface area contributed by atoms with Gasteiger partial charge in [-0.25, -0.2) is 13.4 Å². The standard InChI is InChI=1S/C15H21N3O3S/c1-12-10-21-13(2)9-18(12)22(19,20)8-7-17-11-16-14-5-3-4-6-15(14)17/h3-6,11-13H,7-10H2,1-2H3/t12-,13-/m0/s1. The third-order valence-corrected chi connectivity index (χ3v) is 5.95. The van der Waals surface area contributed by atoms with E-state index in [9.17, 15) is 8.42 Å². The van der Waals surface area contributed by atoms with Crippen molar-refractivity contribution < 1.29 is 13.2 Å². The summed E-state index contributed by atoms with van der Waals surface area (Å²) >= 11 is 0. The molecule has 1 saturated heterocycles. The van der Waals surface area contributed by atoms with E-state index in [2.05, 4.69) is 4.98 Å². The maximum Gasteiger partial charge on any atom is 0.216 e. The summed E-state index contributed by atoms with van der Waals surface area (Å²) < 4.78 is 34.2. The first-order chi connectivity index (χ1) is 10.5. The van der Waals surface area contributed by atoms with Crippen LogP contribution in [-0.2, 0) is 21.3 Å². The number of aryl methyl sites for hydroxylation is 1. The van der Waals surface area contributed by atoms with Crippen molar-refractivity contribution in [2.45, 2.75) is 32.5 Å². The highest BCUT2D eigenvalue weighted by Gasteiger charge is 2.32. The van der Waals surface area contributed by atoms with Gasteiger partial charge in [-0.05, 0) is 26.0 Å². The summed E-state index contributed by atoms with van der Waals surface area (Å²) in [6, 6.07) is 7.62. The Balaban J connectivity index is 1.74. The van der Waals surface area contributed by atoms with Crippen molar-refractivity contribution in [3.8, 4) is 0 Å². The molecule has 2 aromatic rings. The molecule has 22 heavy (non-hydrogen) atoms. The van der Waals surface area contributed by atoms with Crippen LogP contribution in [0.3, 0.4) is 0 Å². The molecular weight excluding hydrogens is 302 g/mol. The maximum absolute atomic E-state index is 12.6. The van der Waals surface area contributed by atoms with Crippen LogP contribution in [0.5, 0.6) is 0 Å². The van der Waals surface area contributed by atoms with Gasteiger partial charge in [-0.3, -0.25) is 0 Å². The number of ether oxygens (including phenoxy) is 1. The van der Waals surface area contributed by atoms with Crippen LogP contribution in [0.15, 0.2) is 30.6 Å². The van der Waals surface area contributed by atoms with E-state index in [4.69, 9.17) is 4.74 Å². The summed E-state index contributed by atoms with van der Waals surface area (Å²) in [5.74, 6) is 0.0738. The largest absolute Gasteiger partial charge is 0.375 e. The van der Waals surface area contributed by atoms with E-state index in [0.29, 0.717) is 19.7 Å². The van der Waals surface area contributed by atoms with Gasteiger partial charge in [0.05, 0.1) is 35.8 Å². The molecule has 0 bridgehead atoms. The topological polar surface area (TPSA) is 64.4 Å². The van der Waals surface area contributed by atoms with Gasteiger partial charge in [-0.2, -0.15) is 4.31 Å². The van der Waals surface area contributed by atoms with Crippen molar-refractivity contribution in [3.63, 3.8) is 0 Å². The number of rotatable bonds is 4. The van der Waals surface area contributed by atoms with Crippen molar-refractivity contribution in [2.24, 2.45) is 0 Å². The molecule has 1 fully saturated rings. The fraction of sp³-hybridized carbons (Fsp3) is 0.533. The van der Waals surface area contributed by atoms with Crippen LogP contribution in [-0.4, -0.2) is 53.3 Å². The zero-order valence-electron chi connectivity index (χ0n) is 12.8. The first-order valence-electron chi connectivity index (χ1n) is 7.48. The summed E-state index contributed by atoms with van der Waals surface area (Å²) in [5.41, 5.74) is 1.84. The molecule has 0 amide bonds. The molecule has 0 spiro atoms. The molecule has 0 radical (unpaired) electrons. The van der Waals surface area contributed by atoms with Crippen molar-refractivity contribution in [1.82, 2.24) is 13.9 Å². The predicted octanol–water partition coefficient (Wildman–Crippen LogP) is 1.48. The van der Waals surface area contributed by atoms with Crippen LogP contribution in [0.2, 0.25) is 0 Å². The van der Waals surface area contributed by atoms with Crippen molar-refractivity contribution >= 4 is 21.1 Å². The minimum atomic E-state index is -3.31. The van der Waals surface area contributed by atoms with Gasteiger partial charge in [0.15, 0.2) is 0 Å². The third-order valence-electron chi connectivity index (χ3n) is 4.03. The summed E-state index contributed by atoms with van der Waals surface area (Å²) in [6.07, 6.45) is 1.64. The van der Waals surface area contributed by atoms with Crippen LogP contribution in [0.1, 0.15) is 13.8 Å². The molecule has 120 valence electrons. The van der Waals surface area contributed by atoms with Crippen molar-refractivity contribution in [2.75, 3.05) is 18.9 Å². The first kappa shape index (κ1) is 15.5. The van der Waals surface area contributed by atoms with Gasteiger partial charge in [0.25, 0.3) is 0 Å². The summed E-state index contributed by atoms with van der Waals surface area (Å²) in [5, 5.41) is 0. The van der Waals surface area contributed by atoms with E-state index in [1.165, 1.54) is 0 Å². The lowest BCUT2D eigenvalue weighted by Gasteiger charge is -2.35. The molecule has 7 heteroatoms. The number of morpholine rings is 1. The maximum atomic E-state index is 12.6. The van der Waals surface area contributed by atoms with Crippen LogP contribution >= 0.6 is 0 Å². The van der Waals surface area contributed by atoms with Gasteiger partial charge in [0, 0.05) is 19.1 Å². The minimum Gasteiger partial charge on any atom is -0.375 e. The molecule has 6 nitrogen and oxygen atoms in total. The normalized spacial score (nSPS) is 23.9. The summed E-state index contributed by atoms with van der Waals surface area (Å²) in [7, 11) is -3.31. The average molecular weight is 323 g/mol. The molecule has 2 atom stereocenters. The van der Waals surface area contributed by atoms with Gasteiger partial charge in [0.1, 0.15) is 0 Å².